The van der Waals surface area contributed by atoms with Crippen molar-refractivity contribution in [3.63, 3.8) is 0 Å². The predicted molar refractivity (Wildman–Crippen MR) is 89.5 cm³/mol. The second-order valence-corrected chi connectivity index (χ2v) is 6.20. The number of hydrogen-bond acceptors (Lipinski definition) is 6. The standard InChI is InChI=1S/C15H15NO4S2/c1-9(14(18)20-3)16-13(17)12(22-15(16)21)8-10-4-6-11(19-2)7-5-10/h4-9H,1-3H3. The number of carbonyl (C=O) groups excluding carboxylic acids is 2. The van der Waals surface area contributed by atoms with Gasteiger partial charge in [0.05, 0.1) is 19.1 Å². The molecular weight excluding hydrogens is 322 g/mol. The van der Waals surface area contributed by atoms with Gasteiger partial charge in [0.2, 0.25) is 0 Å². The van der Waals surface area contributed by atoms with Gasteiger partial charge in [-0.05, 0) is 30.7 Å². The molecule has 1 unspecified atom stereocenters. The SMILES string of the molecule is COC(=O)C(C)N1C(=O)C(=Cc2ccc(OC)cc2)SC1=S. The van der Waals surface area contributed by atoms with Crippen LogP contribution in [0.3, 0.4) is 0 Å². The van der Waals surface area contributed by atoms with Gasteiger partial charge in [-0.25, -0.2) is 4.79 Å². The Labute approximate surface area is 138 Å². The van der Waals surface area contributed by atoms with E-state index < -0.39 is 12.0 Å². The minimum atomic E-state index is -0.737. The van der Waals surface area contributed by atoms with Gasteiger partial charge < -0.3 is 9.47 Å². The number of benzene rings is 1. The number of amides is 1. The van der Waals surface area contributed by atoms with Crippen molar-refractivity contribution in [2.45, 2.75) is 13.0 Å². The normalized spacial score (nSPS) is 17.8. The lowest BCUT2D eigenvalue weighted by atomic mass is 10.2. The molecule has 0 aliphatic carbocycles. The van der Waals surface area contributed by atoms with Crippen LogP contribution in [0.15, 0.2) is 29.2 Å². The van der Waals surface area contributed by atoms with E-state index in [1.54, 1.807) is 20.1 Å². The molecule has 7 heteroatoms. The summed E-state index contributed by atoms with van der Waals surface area (Å²) in [5.74, 6) is -0.0465. The molecule has 2 rings (SSSR count). The first-order valence-corrected chi connectivity index (χ1v) is 7.69. The summed E-state index contributed by atoms with van der Waals surface area (Å²) < 4.78 is 10.1. The molecule has 1 aliphatic rings. The molecule has 0 radical (unpaired) electrons. The van der Waals surface area contributed by atoms with E-state index in [0.717, 1.165) is 11.3 Å². The van der Waals surface area contributed by atoms with Crippen molar-refractivity contribution in [2.75, 3.05) is 14.2 Å². The van der Waals surface area contributed by atoms with E-state index in [1.807, 2.05) is 24.3 Å². The van der Waals surface area contributed by atoms with Crippen LogP contribution in [0.25, 0.3) is 6.08 Å². The van der Waals surface area contributed by atoms with E-state index in [1.165, 1.54) is 23.8 Å². The van der Waals surface area contributed by atoms with E-state index in [0.29, 0.717) is 9.23 Å². The maximum atomic E-state index is 12.4. The van der Waals surface area contributed by atoms with Gasteiger partial charge in [0.25, 0.3) is 5.91 Å². The smallest absolute Gasteiger partial charge is 0.328 e. The van der Waals surface area contributed by atoms with Crippen LogP contribution in [-0.2, 0) is 14.3 Å². The lowest BCUT2D eigenvalue weighted by Gasteiger charge is -2.20. The summed E-state index contributed by atoms with van der Waals surface area (Å²) >= 11 is 6.37. The van der Waals surface area contributed by atoms with E-state index >= 15 is 0 Å². The molecule has 1 atom stereocenters. The predicted octanol–water partition coefficient (Wildman–Crippen LogP) is 2.46. The number of esters is 1. The third kappa shape index (κ3) is 3.31. The van der Waals surface area contributed by atoms with Crippen molar-refractivity contribution in [2.24, 2.45) is 0 Å². The van der Waals surface area contributed by atoms with E-state index in [9.17, 15) is 9.59 Å². The second kappa shape index (κ2) is 6.93. The van der Waals surface area contributed by atoms with Gasteiger partial charge in [-0.1, -0.05) is 36.1 Å². The van der Waals surface area contributed by atoms with Gasteiger partial charge in [0.15, 0.2) is 0 Å². The molecule has 1 aromatic rings. The topological polar surface area (TPSA) is 55.8 Å². The molecular formula is C15H15NO4S2. The maximum absolute atomic E-state index is 12.4. The molecule has 0 spiro atoms. The van der Waals surface area contributed by atoms with Gasteiger partial charge in [0, 0.05) is 0 Å². The highest BCUT2D eigenvalue weighted by molar-refractivity contribution is 8.26. The summed E-state index contributed by atoms with van der Waals surface area (Å²) in [7, 11) is 2.87. The molecule has 0 aromatic heterocycles. The van der Waals surface area contributed by atoms with E-state index in [2.05, 4.69) is 4.74 Å². The largest absolute Gasteiger partial charge is 0.497 e. The van der Waals surface area contributed by atoms with Gasteiger partial charge in [0.1, 0.15) is 16.1 Å². The molecule has 1 heterocycles. The van der Waals surface area contributed by atoms with Crippen molar-refractivity contribution in [1.29, 1.82) is 0 Å². The van der Waals surface area contributed by atoms with Crippen molar-refractivity contribution >= 4 is 46.3 Å². The molecule has 0 N–H and O–H groups in total. The van der Waals surface area contributed by atoms with Crippen molar-refractivity contribution in [3.05, 3.63) is 34.7 Å². The highest BCUT2D eigenvalue weighted by Gasteiger charge is 2.38. The fourth-order valence-corrected chi connectivity index (χ4v) is 3.36. The van der Waals surface area contributed by atoms with Gasteiger partial charge in [-0.2, -0.15) is 0 Å². The van der Waals surface area contributed by atoms with Crippen LogP contribution in [0, 0.1) is 0 Å². The molecule has 0 saturated carbocycles. The Bertz CT molecular complexity index is 639. The molecule has 22 heavy (non-hydrogen) atoms. The number of methoxy groups -OCH3 is 2. The molecule has 1 aliphatic heterocycles. The van der Waals surface area contributed by atoms with Crippen LogP contribution < -0.4 is 4.74 Å². The zero-order valence-electron chi connectivity index (χ0n) is 12.4. The molecule has 0 bridgehead atoms. The lowest BCUT2D eigenvalue weighted by molar-refractivity contribution is -0.147. The van der Waals surface area contributed by atoms with Gasteiger partial charge in [-0.15, -0.1) is 0 Å². The Morgan fingerprint density at radius 2 is 1.95 bits per heavy atom. The van der Waals surface area contributed by atoms with E-state index in [4.69, 9.17) is 17.0 Å². The van der Waals surface area contributed by atoms with Crippen LogP contribution in [0.1, 0.15) is 12.5 Å². The number of thioether (sulfide) groups is 1. The number of nitrogens with zero attached hydrogens (tertiary/aromatic N) is 1. The number of carbonyl (C=O) groups is 2. The van der Waals surface area contributed by atoms with Crippen LogP contribution in [0.4, 0.5) is 0 Å². The van der Waals surface area contributed by atoms with Crippen molar-refractivity contribution in [1.82, 2.24) is 4.90 Å². The Morgan fingerprint density at radius 1 is 1.32 bits per heavy atom. The number of ether oxygens (including phenoxy) is 2. The third-order valence-corrected chi connectivity index (χ3v) is 4.50. The molecule has 1 aromatic carbocycles. The molecule has 1 saturated heterocycles. The fourth-order valence-electron chi connectivity index (χ4n) is 1.94. The maximum Gasteiger partial charge on any atom is 0.328 e. The minimum absolute atomic E-state index is 0.288. The first-order chi connectivity index (χ1) is 10.5. The van der Waals surface area contributed by atoms with E-state index in [-0.39, 0.29) is 5.91 Å². The van der Waals surface area contributed by atoms with Gasteiger partial charge >= 0.3 is 5.97 Å². The summed E-state index contributed by atoms with van der Waals surface area (Å²) in [6.07, 6.45) is 1.74. The first-order valence-electron chi connectivity index (χ1n) is 6.47. The summed E-state index contributed by atoms with van der Waals surface area (Å²) in [6.45, 7) is 1.59. The van der Waals surface area contributed by atoms with Crippen LogP contribution in [0.2, 0.25) is 0 Å². The molecule has 1 amide bonds. The monoisotopic (exact) mass is 337 g/mol. The Hall–Kier alpha value is -1.86. The fraction of sp³-hybridized carbons (Fsp3) is 0.267. The highest BCUT2D eigenvalue weighted by Crippen LogP contribution is 2.34. The summed E-state index contributed by atoms with van der Waals surface area (Å²) in [5, 5.41) is 0. The van der Waals surface area contributed by atoms with Crippen molar-refractivity contribution in [3.8, 4) is 5.75 Å². The highest BCUT2D eigenvalue weighted by atomic mass is 32.2. The third-order valence-electron chi connectivity index (χ3n) is 3.17. The average molecular weight is 337 g/mol. The summed E-state index contributed by atoms with van der Waals surface area (Å²) in [6, 6.07) is 6.57. The Balaban J connectivity index is 2.23. The van der Waals surface area contributed by atoms with Crippen molar-refractivity contribution < 1.29 is 19.1 Å². The quantitative estimate of drug-likeness (QED) is 0.478. The van der Waals surface area contributed by atoms with Crippen LogP contribution >= 0.6 is 24.0 Å². The molecule has 5 nitrogen and oxygen atoms in total. The summed E-state index contributed by atoms with van der Waals surface area (Å²) in [5.41, 5.74) is 0.854. The summed E-state index contributed by atoms with van der Waals surface area (Å²) in [4.78, 5) is 25.8. The average Bonchev–Trinajstić information content (AvgIpc) is 2.80. The Morgan fingerprint density at radius 3 is 2.50 bits per heavy atom. The first kappa shape index (κ1) is 16.5. The zero-order valence-corrected chi connectivity index (χ0v) is 14.0. The zero-order chi connectivity index (χ0) is 16.3. The number of rotatable bonds is 4. The van der Waals surface area contributed by atoms with Crippen LogP contribution in [-0.4, -0.2) is 41.4 Å². The Kier molecular flexibility index (Phi) is 5.20. The minimum Gasteiger partial charge on any atom is -0.497 e. The molecule has 116 valence electrons. The lowest BCUT2D eigenvalue weighted by Crippen LogP contribution is -2.42. The van der Waals surface area contributed by atoms with Crippen LogP contribution in [0.5, 0.6) is 5.75 Å². The molecule has 1 fully saturated rings. The second-order valence-electron chi connectivity index (χ2n) is 4.52. The van der Waals surface area contributed by atoms with Gasteiger partial charge in [-0.3, -0.25) is 9.69 Å². The number of thiocarbonyl (C=S) groups is 1. The number of hydrogen-bond donors (Lipinski definition) is 0.